The van der Waals surface area contributed by atoms with Gasteiger partial charge in [-0.2, -0.15) is 0 Å². The molecule has 0 atom stereocenters. The summed E-state index contributed by atoms with van der Waals surface area (Å²) in [5.41, 5.74) is 4.39. The number of furan rings is 1. The van der Waals surface area contributed by atoms with E-state index in [-0.39, 0.29) is 18.3 Å². The number of para-hydroxylation sites is 1. The summed E-state index contributed by atoms with van der Waals surface area (Å²) in [5, 5.41) is 2.29. The van der Waals surface area contributed by atoms with Crippen LogP contribution in [0.15, 0.2) is 71.1 Å². The molecular formula is C24H23BO3. The van der Waals surface area contributed by atoms with Gasteiger partial charge in [0.05, 0.1) is 11.2 Å². The lowest BCUT2D eigenvalue weighted by atomic mass is 9.78. The van der Waals surface area contributed by atoms with E-state index in [0.717, 1.165) is 38.5 Å². The topological polar surface area (TPSA) is 31.6 Å². The van der Waals surface area contributed by atoms with E-state index >= 15 is 0 Å². The number of hydrogen-bond donors (Lipinski definition) is 0. The Bertz CT molecular complexity index is 1170. The van der Waals surface area contributed by atoms with E-state index in [1.165, 1.54) is 0 Å². The van der Waals surface area contributed by atoms with E-state index in [9.17, 15) is 0 Å². The molecule has 2 heterocycles. The van der Waals surface area contributed by atoms with Crippen molar-refractivity contribution in [3.05, 3.63) is 66.7 Å². The summed E-state index contributed by atoms with van der Waals surface area (Å²) >= 11 is 0. The van der Waals surface area contributed by atoms with Crippen LogP contribution in [-0.4, -0.2) is 18.3 Å². The number of benzene rings is 3. The summed E-state index contributed by atoms with van der Waals surface area (Å²) in [5.74, 6) is 0. The lowest BCUT2D eigenvalue weighted by molar-refractivity contribution is 0.00578. The molecular weight excluding hydrogens is 347 g/mol. The monoisotopic (exact) mass is 370 g/mol. The largest absolute Gasteiger partial charge is 0.494 e. The first-order chi connectivity index (χ1) is 13.3. The summed E-state index contributed by atoms with van der Waals surface area (Å²) < 4.78 is 18.5. The second kappa shape index (κ2) is 5.97. The van der Waals surface area contributed by atoms with Gasteiger partial charge >= 0.3 is 7.12 Å². The summed E-state index contributed by atoms with van der Waals surface area (Å²) in [6.07, 6.45) is 0. The van der Waals surface area contributed by atoms with Crippen LogP contribution in [0.2, 0.25) is 0 Å². The van der Waals surface area contributed by atoms with Gasteiger partial charge in [0.1, 0.15) is 11.2 Å². The first-order valence-electron chi connectivity index (χ1n) is 9.71. The van der Waals surface area contributed by atoms with Crippen molar-refractivity contribution in [3.8, 4) is 11.1 Å². The molecule has 28 heavy (non-hydrogen) atoms. The minimum absolute atomic E-state index is 0.346. The standard InChI is InChI=1S/C24H23BO3/c1-23(2)24(3,4)28-25(27-23)18-9-7-8-16(14-18)17-12-13-20-19-10-5-6-11-21(19)26-22(20)15-17/h5-15H,1-4H3. The zero-order valence-electron chi connectivity index (χ0n) is 16.7. The van der Waals surface area contributed by atoms with Crippen molar-refractivity contribution in [1.29, 1.82) is 0 Å². The quantitative estimate of drug-likeness (QED) is 0.434. The maximum Gasteiger partial charge on any atom is 0.494 e. The lowest BCUT2D eigenvalue weighted by Crippen LogP contribution is -2.41. The minimum atomic E-state index is -0.361. The van der Waals surface area contributed by atoms with Crippen molar-refractivity contribution in [3.63, 3.8) is 0 Å². The molecule has 0 unspecified atom stereocenters. The van der Waals surface area contributed by atoms with Crippen molar-refractivity contribution < 1.29 is 13.7 Å². The third-order valence-electron chi connectivity index (χ3n) is 6.12. The molecule has 3 nitrogen and oxygen atoms in total. The van der Waals surface area contributed by atoms with E-state index in [1.54, 1.807) is 0 Å². The SMILES string of the molecule is CC1(C)OB(c2cccc(-c3ccc4c(c3)oc3ccccc34)c2)OC1(C)C. The predicted octanol–water partition coefficient (Wildman–Crippen LogP) is 5.55. The summed E-state index contributed by atoms with van der Waals surface area (Å²) in [6.45, 7) is 8.30. The first kappa shape index (κ1) is 17.5. The molecule has 1 fully saturated rings. The molecule has 0 aliphatic carbocycles. The molecule has 4 heteroatoms. The Labute approximate surface area is 165 Å². The molecule has 0 bridgehead atoms. The molecule has 1 aliphatic rings. The lowest BCUT2D eigenvalue weighted by Gasteiger charge is -2.32. The molecule has 3 aromatic carbocycles. The fourth-order valence-corrected chi connectivity index (χ4v) is 3.75. The van der Waals surface area contributed by atoms with Crippen LogP contribution in [0.4, 0.5) is 0 Å². The van der Waals surface area contributed by atoms with Gasteiger partial charge in [-0.25, -0.2) is 0 Å². The highest BCUT2D eigenvalue weighted by molar-refractivity contribution is 6.62. The third kappa shape index (κ3) is 2.68. The zero-order valence-corrected chi connectivity index (χ0v) is 16.7. The Balaban J connectivity index is 1.54. The van der Waals surface area contributed by atoms with Gasteiger partial charge in [-0.15, -0.1) is 0 Å². The van der Waals surface area contributed by atoms with Crippen LogP contribution < -0.4 is 5.46 Å². The van der Waals surface area contributed by atoms with Crippen molar-refractivity contribution in [2.24, 2.45) is 0 Å². The Morgan fingerprint density at radius 2 is 1.32 bits per heavy atom. The zero-order chi connectivity index (χ0) is 19.5. The highest BCUT2D eigenvalue weighted by atomic mass is 16.7. The number of hydrogen-bond acceptors (Lipinski definition) is 3. The van der Waals surface area contributed by atoms with Crippen LogP contribution >= 0.6 is 0 Å². The van der Waals surface area contributed by atoms with Crippen LogP contribution in [0.5, 0.6) is 0 Å². The minimum Gasteiger partial charge on any atom is -0.456 e. The first-order valence-corrected chi connectivity index (χ1v) is 9.71. The van der Waals surface area contributed by atoms with E-state index in [0.29, 0.717) is 0 Å². The summed E-state index contributed by atoms with van der Waals surface area (Å²) in [7, 11) is -0.361. The number of rotatable bonds is 2. The van der Waals surface area contributed by atoms with Crippen LogP contribution in [0, 0.1) is 0 Å². The van der Waals surface area contributed by atoms with Crippen molar-refractivity contribution in [1.82, 2.24) is 0 Å². The van der Waals surface area contributed by atoms with Crippen LogP contribution in [0.1, 0.15) is 27.7 Å². The molecule has 1 aromatic heterocycles. The average molecular weight is 370 g/mol. The highest BCUT2D eigenvalue weighted by Gasteiger charge is 2.51. The van der Waals surface area contributed by atoms with E-state index < -0.39 is 0 Å². The average Bonchev–Trinajstić information content (AvgIpc) is 3.15. The Morgan fingerprint density at radius 1 is 0.643 bits per heavy atom. The Morgan fingerprint density at radius 3 is 2.11 bits per heavy atom. The molecule has 5 rings (SSSR count). The Hall–Kier alpha value is -2.56. The van der Waals surface area contributed by atoms with Crippen molar-refractivity contribution >= 4 is 34.5 Å². The van der Waals surface area contributed by atoms with Gasteiger partial charge in [-0.3, -0.25) is 0 Å². The van der Waals surface area contributed by atoms with E-state index in [2.05, 4.69) is 76.2 Å². The van der Waals surface area contributed by atoms with Gasteiger partial charge < -0.3 is 13.7 Å². The van der Waals surface area contributed by atoms with Crippen LogP contribution in [0.25, 0.3) is 33.1 Å². The number of fused-ring (bicyclic) bond motifs is 3. The normalized spacial score (nSPS) is 18.2. The molecule has 140 valence electrons. The fraction of sp³-hybridized carbons (Fsp3) is 0.250. The van der Waals surface area contributed by atoms with Crippen LogP contribution in [0.3, 0.4) is 0 Å². The van der Waals surface area contributed by atoms with Gasteiger partial charge in [0.15, 0.2) is 0 Å². The van der Waals surface area contributed by atoms with Crippen molar-refractivity contribution in [2.75, 3.05) is 0 Å². The van der Waals surface area contributed by atoms with Gasteiger partial charge in [-0.05, 0) is 62.5 Å². The van der Waals surface area contributed by atoms with E-state index in [4.69, 9.17) is 13.7 Å². The summed E-state index contributed by atoms with van der Waals surface area (Å²) in [4.78, 5) is 0. The van der Waals surface area contributed by atoms with Gasteiger partial charge in [0.25, 0.3) is 0 Å². The highest BCUT2D eigenvalue weighted by Crippen LogP contribution is 2.37. The maximum atomic E-state index is 6.21. The molecule has 0 N–H and O–H groups in total. The van der Waals surface area contributed by atoms with Crippen molar-refractivity contribution in [2.45, 2.75) is 38.9 Å². The predicted molar refractivity (Wildman–Crippen MR) is 115 cm³/mol. The Kier molecular flexibility index (Phi) is 3.74. The fourth-order valence-electron chi connectivity index (χ4n) is 3.75. The molecule has 0 saturated carbocycles. The van der Waals surface area contributed by atoms with Gasteiger partial charge in [-0.1, -0.05) is 48.5 Å². The summed E-state index contributed by atoms with van der Waals surface area (Å²) in [6, 6.07) is 22.9. The molecule has 1 saturated heterocycles. The second-order valence-electron chi connectivity index (χ2n) is 8.52. The smallest absolute Gasteiger partial charge is 0.456 e. The maximum absolute atomic E-state index is 6.21. The van der Waals surface area contributed by atoms with Crippen LogP contribution in [-0.2, 0) is 9.31 Å². The molecule has 4 aromatic rings. The molecule has 1 aliphatic heterocycles. The molecule has 0 spiro atoms. The molecule has 0 amide bonds. The molecule has 0 radical (unpaired) electrons. The third-order valence-corrected chi connectivity index (χ3v) is 6.12. The van der Waals surface area contributed by atoms with Gasteiger partial charge in [0.2, 0.25) is 0 Å². The van der Waals surface area contributed by atoms with Gasteiger partial charge in [0, 0.05) is 10.8 Å². The van der Waals surface area contributed by atoms with E-state index in [1.807, 2.05) is 18.2 Å². The second-order valence-corrected chi connectivity index (χ2v) is 8.52.